The summed E-state index contributed by atoms with van der Waals surface area (Å²) in [5.41, 5.74) is 5.46. The highest BCUT2D eigenvalue weighted by Crippen LogP contribution is 2.35. The van der Waals surface area contributed by atoms with Crippen LogP contribution in [-0.2, 0) is 18.1 Å². The lowest BCUT2D eigenvalue weighted by Gasteiger charge is -2.17. The Balaban J connectivity index is 1.78. The molecule has 0 bridgehead atoms. The first-order valence-corrected chi connectivity index (χ1v) is 7.15. The molecule has 1 aromatic heterocycles. The van der Waals surface area contributed by atoms with Gasteiger partial charge in [-0.2, -0.15) is 18.2 Å². The standard InChI is InChI=1S/C15H16F3N3O/c16-15(17,18)11-5-3-4-10(8-11)9-12-20-13(21-22-12)14(19)6-1-2-7-14/h3-5,8H,1-2,6-7,9,19H2. The van der Waals surface area contributed by atoms with Crippen LogP contribution >= 0.6 is 0 Å². The molecular weight excluding hydrogens is 295 g/mol. The van der Waals surface area contributed by atoms with E-state index < -0.39 is 17.3 Å². The average molecular weight is 311 g/mol. The SMILES string of the molecule is NC1(c2noc(Cc3cccc(C(F)(F)F)c3)n2)CCCC1. The van der Waals surface area contributed by atoms with E-state index in [1.54, 1.807) is 6.07 Å². The van der Waals surface area contributed by atoms with E-state index in [2.05, 4.69) is 10.1 Å². The molecule has 7 heteroatoms. The number of nitrogens with two attached hydrogens (primary N) is 1. The van der Waals surface area contributed by atoms with Gasteiger partial charge in [0.15, 0.2) is 5.82 Å². The predicted molar refractivity (Wildman–Crippen MR) is 72.9 cm³/mol. The topological polar surface area (TPSA) is 64.9 Å². The lowest BCUT2D eigenvalue weighted by molar-refractivity contribution is -0.137. The van der Waals surface area contributed by atoms with Crippen LogP contribution < -0.4 is 5.73 Å². The zero-order chi connectivity index (χ0) is 15.8. The second-order valence-corrected chi connectivity index (χ2v) is 5.75. The van der Waals surface area contributed by atoms with Crippen LogP contribution in [-0.4, -0.2) is 10.1 Å². The molecule has 3 rings (SSSR count). The lowest BCUT2D eigenvalue weighted by Crippen LogP contribution is -2.34. The summed E-state index contributed by atoms with van der Waals surface area (Å²) in [5, 5.41) is 3.90. The van der Waals surface area contributed by atoms with Crippen LogP contribution in [0.5, 0.6) is 0 Å². The van der Waals surface area contributed by atoms with Gasteiger partial charge < -0.3 is 10.3 Å². The number of hydrogen-bond donors (Lipinski definition) is 1. The first kappa shape index (κ1) is 15.0. The Morgan fingerprint density at radius 2 is 1.95 bits per heavy atom. The smallest absolute Gasteiger partial charge is 0.339 e. The minimum absolute atomic E-state index is 0.160. The van der Waals surface area contributed by atoms with Gasteiger partial charge in [0.2, 0.25) is 5.89 Å². The van der Waals surface area contributed by atoms with Gasteiger partial charge in [0, 0.05) is 0 Å². The van der Waals surface area contributed by atoms with Crippen molar-refractivity contribution in [3.63, 3.8) is 0 Å². The molecular formula is C15H16F3N3O. The van der Waals surface area contributed by atoms with Crippen molar-refractivity contribution in [2.24, 2.45) is 5.73 Å². The van der Waals surface area contributed by atoms with E-state index in [9.17, 15) is 13.2 Å². The van der Waals surface area contributed by atoms with Crippen molar-refractivity contribution in [2.75, 3.05) is 0 Å². The summed E-state index contributed by atoms with van der Waals surface area (Å²) in [6, 6.07) is 5.11. The van der Waals surface area contributed by atoms with Crippen LogP contribution in [0.15, 0.2) is 28.8 Å². The Hall–Kier alpha value is -1.89. The Labute approximate surface area is 125 Å². The molecule has 0 aliphatic heterocycles. The number of hydrogen-bond acceptors (Lipinski definition) is 4. The Bertz CT molecular complexity index is 660. The number of halogens is 3. The lowest BCUT2D eigenvalue weighted by atomic mass is 9.98. The Morgan fingerprint density at radius 3 is 2.64 bits per heavy atom. The van der Waals surface area contributed by atoms with Crippen LogP contribution in [0, 0.1) is 0 Å². The fourth-order valence-electron chi connectivity index (χ4n) is 2.79. The van der Waals surface area contributed by atoms with Gasteiger partial charge in [-0.15, -0.1) is 0 Å². The molecule has 0 unspecified atom stereocenters. The summed E-state index contributed by atoms with van der Waals surface area (Å²) in [6.07, 6.45) is -0.554. The molecule has 2 N–H and O–H groups in total. The Morgan fingerprint density at radius 1 is 1.23 bits per heavy atom. The highest BCUT2D eigenvalue weighted by atomic mass is 19.4. The number of aromatic nitrogens is 2. The van der Waals surface area contributed by atoms with Gasteiger partial charge in [-0.25, -0.2) is 0 Å². The minimum Gasteiger partial charge on any atom is -0.339 e. The van der Waals surface area contributed by atoms with Gasteiger partial charge in [-0.05, 0) is 24.5 Å². The van der Waals surface area contributed by atoms with Crippen molar-refractivity contribution in [1.82, 2.24) is 10.1 Å². The molecule has 0 amide bonds. The summed E-state index contributed by atoms with van der Waals surface area (Å²) in [5.74, 6) is 0.734. The third-order valence-electron chi connectivity index (χ3n) is 4.02. The maximum absolute atomic E-state index is 12.7. The van der Waals surface area contributed by atoms with Gasteiger partial charge in [-0.1, -0.05) is 36.2 Å². The average Bonchev–Trinajstić information content (AvgIpc) is 3.08. The molecule has 22 heavy (non-hydrogen) atoms. The van der Waals surface area contributed by atoms with Gasteiger partial charge in [0.05, 0.1) is 17.5 Å². The van der Waals surface area contributed by atoms with Crippen molar-refractivity contribution in [2.45, 2.75) is 43.8 Å². The Kier molecular flexibility index (Phi) is 3.68. The molecule has 4 nitrogen and oxygen atoms in total. The molecule has 0 spiro atoms. The molecule has 1 aromatic carbocycles. The zero-order valence-corrected chi connectivity index (χ0v) is 11.9. The second-order valence-electron chi connectivity index (χ2n) is 5.75. The molecule has 1 saturated carbocycles. The third kappa shape index (κ3) is 2.99. The largest absolute Gasteiger partial charge is 0.416 e. The van der Waals surface area contributed by atoms with Crippen LogP contribution in [0.25, 0.3) is 0 Å². The van der Waals surface area contributed by atoms with Crippen molar-refractivity contribution in [1.29, 1.82) is 0 Å². The number of rotatable bonds is 3. The second kappa shape index (κ2) is 5.39. The van der Waals surface area contributed by atoms with Crippen LogP contribution in [0.3, 0.4) is 0 Å². The van der Waals surface area contributed by atoms with Crippen molar-refractivity contribution >= 4 is 0 Å². The van der Waals surface area contributed by atoms with Gasteiger partial charge in [0.1, 0.15) is 0 Å². The fourth-order valence-corrected chi connectivity index (χ4v) is 2.79. The highest BCUT2D eigenvalue weighted by Gasteiger charge is 2.36. The molecule has 0 saturated heterocycles. The van der Waals surface area contributed by atoms with Crippen LogP contribution in [0.4, 0.5) is 13.2 Å². The van der Waals surface area contributed by atoms with Crippen molar-refractivity contribution in [3.05, 3.63) is 47.1 Å². The van der Waals surface area contributed by atoms with E-state index in [-0.39, 0.29) is 12.3 Å². The number of nitrogens with zero attached hydrogens (tertiary/aromatic N) is 2. The zero-order valence-electron chi connectivity index (χ0n) is 11.9. The molecule has 0 radical (unpaired) electrons. The van der Waals surface area contributed by atoms with E-state index in [0.717, 1.165) is 37.8 Å². The fraction of sp³-hybridized carbons (Fsp3) is 0.467. The van der Waals surface area contributed by atoms with Crippen molar-refractivity contribution < 1.29 is 17.7 Å². The number of benzene rings is 1. The molecule has 118 valence electrons. The minimum atomic E-state index is -4.36. The molecule has 1 aliphatic carbocycles. The monoisotopic (exact) mass is 311 g/mol. The summed E-state index contributed by atoms with van der Waals surface area (Å²) in [7, 11) is 0. The van der Waals surface area contributed by atoms with Gasteiger partial charge in [0.25, 0.3) is 0 Å². The molecule has 0 atom stereocenters. The quantitative estimate of drug-likeness (QED) is 0.943. The summed E-state index contributed by atoms with van der Waals surface area (Å²) < 4.78 is 43.2. The number of alkyl halides is 3. The maximum atomic E-state index is 12.7. The first-order chi connectivity index (χ1) is 10.4. The van der Waals surface area contributed by atoms with E-state index in [0.29, 0.717) is 11.4 Å². The summed E-state index contributed by atoms with van der Waals surface area (Å²) >= 11 is 0. The van der Waals surface area contributed by atoms with Gasteiger partial charge in [-0.3, -0.25) is 0 Å². The van der Waals surface area contributed by atoms with Gasteiger partial charge >= 0.3 is 6.18 Å². The van der Waals surface area contributed by atoms with Crippen LogP contribution in [0.2, 0.25) is 0 Å². The highest BCUT2D eigenvalue weighted by molar-refractivity contribution is 5.27. The van der Waals surface area contributed by atoms with E-state index in [1.165, 1.54) is 6.07 Å². The summed E-state index contributed by atoms with van der Waals surface area (Å²) in [6.45, 7) is 0. The third-order valence-corrected chi connectivity index (χ3v) is 4.02. The predicted octanol–water partition coefficient (Wildman–Crippen LogP) is 3.41. The van der Waals surface area contributed by atoms with E-state index in [4.69, 9.17) is 10.3 Å². The van der Waals surface area contributed by atoms with E-state index >= 15 is 0 Å². The van der Waals surface area contributed by atoms with Crippen molar-refractivity contribution in [3.8, 4) is 0 Å². The summed E-state index contributed by atoms with van der Waals surface area (Å²) in [4.78, 5) is 4.27. The maximum Gasteiger partial charge on any atom is 0.416 e. The molecule has 1 fully saturated rings. The molecule has 2 aromatic rings. The molecule has 1 heterocycles. The molecule has 1 aliphatic rings. The van der Waals surface area contributed by atoms with E-state index in [1.807, 2.05) is 0 Å². The first-order valence-electron chi connectivity index (χ1n) is 7.15. The normalized spacial score (nSPS) is 17.8. The van der Waals surface area contributed by atoms with Crippen LogP contribution in [0.1, 0.15) is 48.5 Å².